The van der Waals surface area contributed by atoms with Gasteiger partial charge in [0.1, 0.15) is 11.5 Å². The highest BCUT2D eigenvalue weighted by Crippen LogP contribution is 2.25. The highest BCUT2D eigenvalue weighted by atomic mass is 19.1. The van der Waals surface area contributed by atoms with E-state index in [-0.39, 0.29) is 17.6 Å². The number of hydrogen-bond donors (Lipinski definition) is 1. The molecule has 1 N–H and O–H groups in total. The Labute approximate surface area is 157 Å². The van der Waals surface area contributed by atoms with E-state index in [1.165, 1.54) is 6.07 Å². The Bertz CT molecular complexity index is 999. The molecule has 0 radical (unpaired) electrons. The van der Waals surface area contributed by atoms with Crippen LogP contribution in [0.2, 0.25) is 0 Å². The van der Waals surface area contributed by atoms with Gasteiger partial charge in [-0.25, -0.2) is 13.9 Å². The lowest BCUT2D eigenvalue weighted by Crippen LogP contribution is -2.31. The van der Waals surface area contributed by atoms with Crippen LogP contribution in [0.4, 0.5) is 10.1 Å². The molecule has 1 aromatic carbocycles. The molecule has 0 bridgehead atoms. The Morgan fingerprint density at radius 1 is 1.30 bits per heavy atom. The van der Waals surface area contributed by atoms with Crippen molar-refractivity contribution in [2.75, 3.05) is 24.5 Å². The monoisotopic (exact) mass is 367 g/mol. The van der Waals surface area contributed by atoms with Crippen molar-refractivity contribution in [1.29, 1.82) is 0 Å². The molecule has 0 spiro atoms. The van der Waals surface area contributed by atoms with E-state index >= 15 is 0 Å². The SMILES string of the molecule is Cc1cc2nc(C(=O)NCC3CCN(c4ccccc4F)C3)cc(C)n2n1. The van der Waals surface area contributed by atoms with E-state index in [2.05, 4.69) is 15.4 Å². The smallest absolute Gasteiger partial charge is 0.270 e. The molecule has 7 heteroatoms. The van der Waals surface area contributed by atoms with Crippen LogP contribution < -0.4 is 10.2 Å². The number of fused-ring (bicyclic) bond motifs is 1. The number of carbonyl (C=O) groups excluding carboxylic acids is 1. The van der Waals surface area contributed by atoms with Crippen molar-refractivity contribution in [3.8, 4) is 0 Å². The van der Waals surface area contributed by atoms with Gasteiger partial charge in [0.25, 0.3) is 5.91 Å². The number of anilines is 1. The molecule has 140 valence electrons. The van der Waals surface area contributed by atoms with Crippen LogP contribution in [0.1, 0.15) is 28.3 Å². The van der Waals surface area contributed by atoms with Crippen molar-refractivity contribution < 1.29 is 9.18 Å². The van der Waals surface area contributed by atoms with Gasteiger partial charge in [0, 0.05) is 31.4 Å². The molecule has 3 aromatic rings. The molecule has 1 aliphatic rings. The maximum absolute atomic E-state index is 13.9. The normalized spacial score (nSPS) is 16.9. The fourth-order valence-electron chi connectivity index (χ4n) is 3.61. The quantitative estimate of drug-likeness (QED) is 0.770. The zero-order chi connectivity index (χ0) is 19.0. The third kappa shape index (κ3) is 3.49. The second-order valence-electron chi connectivity index (χ2n) is 7.10. The molecule has 1 aliphatic heterocycles. The summed E-state index contributed by atoms with van der Waals surface area (Å²) in [6, 6.07) is 10.4. The minimum atomic E-state index is -0.203. The topological polar surface area (TPSA) is 62.5 Å². The van der Waals surface area contributed by atoms with Gasteiger partial charge in [0.05, 0.1) is 11.4 Å². The lowest BCUT2D eigenvalue weighted by atomic mass is 10.1. The number of benzene rings is 1. The van der Waals surface area contributed by atoms with Gasteiger partial charge in [0.2, 0.25) is 0 Å². The molecule has 1 amide bonds. The number of aryl methyl sites for hydroxylation is 2. The second-order valence-corrected chi connectivity index (χ2v) is 7.10. The molecule has 4 rings (SSSR count). The van der Waals surface area contributed by atoms with Crippen LogP contribution in [-0.2, 0) is 0 Å². The van der Waals surface area contributed by atoms with Crippen molar-refractivity contribution in [3.63, 3.8) is 0 Å². The lowest BCUT2D eigenvalue weighted by molar-refractivity contribution is 0.0943. The molecule has 1 atom stereocenters. The maximum Gasteiger partial charge on any atom is 0.270 e. The van der Waals surface area contributed by atoms with Gasteiger partial charge in [-0.3, -0.25) is 4.79 Å². The molecule has 6 nitrogen and oxygen atoms in total. The van der Waals surface area contributed by atoms with E-state index in [0.717, 1.165) is 30.9 Å². The number of carbonyl (C=O) groups is 1. The van der Waals surface area contributed by atoms with Crippen molar-refractivity contribution in [2.45, 2.75) is 20.3 Å². The average molecular weight is 367 g/mol. The van der Waals surface area contributed by atoms with Gasteiger partial charge < -0.3 is 10.2 Å². The van der Waals surface area contributed by atoms with Crippen molar-refractivity contribution in [1.82, 2.24) is 19.9 Å². The summed E-state index contributed by atoms with van der Waals surface area (Å²) in [6.45, 7) is 5.87. The molecule has 1 unspecified atom stereocenters. The third-order valence-corrected chi connectivity index (χ3v) is 4.99. The number of amides is 1. The molecule has 27 heavy (non-hydrogen) atoms. The van der Waals surface area contributed by atoms with E-state index in [0.29, 0.717) is 23.6 Å². The first kappa shape index (κ1) is 17.5. The fourth-order valence-corrected chi connectivity index (χ4v) is 3.61. The van der Waals surface area contributed by atoms with E-state index in [1.54, 1.807) is 22.7 Å². The molecular formula is C20H22FN5O. The molecule has 0 aliphatic carbocycles. The Balaban J connectivity index is 1.39. The van der Waals surface area contributed by atoms with Gasteiger partial charge in [-0.05, 0) is 44.4 Å². The molecule has 1 fully saturated rings. The molecular weight excluding hydrogens is 345 g/mol. The summed E-state index contributed by atoms with van der Waals surface area (Å²) in [7, 11) is 0. The largest absolute Gasteiger partial charge is 0.369 e. The first-order valence-corrected chi connectivity index (χ1v) is 9.13. The summed E-state index contributed by atoms with van der Waals surface area (Å²) in [4.78, 5) is 19.0. The van der Waals surface area contributed by atoms with Gasteiger partial charge in [0.15, 0.2) is 5.65 Å². The first-order chi connectivity index (χ1) is 13.0. The van der Waals surface area contributed by atoms with E-state index < -0.39 is 0 Å². The summed E-state index contributed by atoms with van der Waals surface area (Å²) >= 11 is 0. The van der Waals surface area contributed by atoms with Crippen LogP contribution in [-0.4, -0.2) is 40.1 Å². The lowest BCUT2D eigenvalue weighted by Gasteiger charge is -2.19. The average Bonchev–Trinajstić information content (AvgIpc) is 3.26. The van der Waals surface area contributed by atoms with Crippen molar-refractivity contribution >= 4 is 17.2 Å². The minimum Gasteiger partial charge on any atom is -0.369 e. The number of hydrogen-bond acceptors (Lipinski definition) is 4. The second kappa shape index (κ2) is 6.98. The standard InChI is InChI=1S/C20H22FN5O/c1-13-9-19-23-17(10-14(2)26(19)24-13)20(27)22-11-15-7-8-25(12-15)18-6-4-3-5-16(18)21/h3-6,9-10,15H,7-8,11-12H2,1-2H3,(H,22,27). The predicted octanol–water partition coefficient (Wildman–Crippen LogP) is 2.74. The Kier molecular flexibility index (Phi) is 4.51. The molecule has 2 aromatic heterocycles. The van der Waals surface area contributed by atoms with E-state index in [9.17, 15) is 9.18 Å². The minimum absolute atomic E-state index is 0.191. The number of halogens is 1. The Morgan fingerprint density at radius 3 is 2.93 bits per heavy atom. The fraction of sp³-hybridized carbons (Fsp3) is 0.350. The number of aromatic nitrogens is 3. The van der Waals surface area contributed by atoms with E-state index in [1.807, 2.05) is 30.9 Å². The summed E-state index contributed by atoms with van der Waals surface area (Å²) < 4.78 is 15.7. The van der Waals surface area contributed by atoms with Gasteiger partial charge >= 0.3 is 0 Å². The van der Waals surface area contributed by atoms with E-state index in [4.69, 9.17) is 0 Å². The summed E-state index contributed by atoms with van der Waals surface area (Å²) in [5.74, 6) is -0.106. The van der Waals surface area contributed by atoms with Gasteiger partial charge in [-0.2, -0.15) is 5.10 Å². The van der Waals surface area contributed by atoms with Crippen molar-refractivity contribution in [2.24, 2.45) is 5.92 Å². The van der Waals surface area contributed by atoms with Gasteiger partial charge in [-0.15, -0.1) is 0 Å². The summed E-state index contributed by atoms with van der Waals surface area (Å²) in [6.07, 6.45) is 0.919. The number of para-hydroxylation sites is 1. The number of nitrogens with one attached hydrogen (secondary N) is 1. The third-order valence-electron chi connectivity index (χ3n) is 4.99. The zero-order valence-electron chi connectivity index (χ0n) is 15.4. The zero-order valence-corrected chi connectivity index (χ0v) is 15.4. The highest BCUT2D eigenvalue weighted by Gasteiger charge is 2.25. The Hall–Kier alpha value is -2.96. The number of nitrogens with zero attached hydrogens (tertiary/aromatic N) is 4. The number of rotatable bonds is 4. The van der Waals surface area contributed by atoms with Crippen LogP contribution in [0.3, 0.4) is 0 Å². The first-order valence-electron chi connectivity index (χ1n) is 9.13. The van der Waals surface area contributed by atoms with Crippen LogP contribution in [0.15, 0.2) is 36.4 Å². The maximum atomic E-state index is 13.9. The van der Waals surface area contributed by atoms with Crippen LogP contribution >= 0.6 is 0 Å². The molecule has 3 heterocycles. The molecule has 1 saturated heterocycles. The Morgan fingerprint density at radius 2 is 2.11 bits per heavy atom. The van der Waals surface area contributed by atoms with Gasteiger partial charge in [-0.1, -0.05) is 12.1 Å². The summed E-state index contributed by atoms with van der Waals surface area (Å²) in [5, 5.41) is 7.33. The summed E-state index contributed by atoms with van der Waals surface area (Å²) in [5.41, 5.74) is 3.42. The van der Waals surface area contributed by atoms with Crippen LogP contribution in [0.25, 0.3) is 5.65 Å². The predicted molar refractivity (Wildman–Crippen MR) is 102 cm³/mol. The van der Waals surface area contributed by atoms with Crippen LogP contribution in [0, 0.1) is 25.6 Å². The van der Waals surface area contributed by atoms with Crippen LogP contribution in [0.5, 0.6) is 0 Å². The van der Waals surface area contributed by atoms with Crippen molar-refractivity contribution in [3.05, 3.63) is 59.3 Å². The molecule has 0 saturated carbocycles. The highest BCUT2D eigenvalue weighted by molar-refractivity contribution is 5.92.